The summed E-state index contributed by atoms with van der Waals surface area (Å²) in [5.74, 6) is 2.14. The Morgan fingerprint density at radius 3 is 2.72 bits per heavy atom. The lowest BCUT2D eigenvalue weighted by Crippen LogP contribution is -2.37. The molecule has 1 amide bonds. The third-order valence-electron chi connectivity index (χ3n) is 3.60. The van der Waals surface area contributed by atoms with Crippen LogP contribution in [-0.4, -0.2) is 38.8 Å². The molecule has 3 rings (SSSR count). The van der Waals surface area contributed by atoms with Crippen LogP contribution in [0.2, 0.25) is 0 Å². The summed E-state index contributed by atoms with van der Waals surface area (Å²) >= 11 is 0. The van der Waals surface area contributed by atoms with Gasteiger partial charge in [0, 0.05) is 13.0 Å². The van der Waals surface area contributed by atoms with Crippen molar-refractivity contribution in [1.82, 2.24) is 25.5 Å². The highest BCUT2D eigenvalue weighted by Gasteiger charge is 2.14. The number of hydrogen-bond donors (Lipinski definition) is 1. The molecule has 8 heteroatoms. The van der Waals surface area contributed by atoms with Crippen molar-refractivity contribution in [3.05, 3.63) is 54.2 Å². The lowest BCUT2D eigenvalue weighted by molar-refractivity contribution is -0.127. The molecular formula is C17H19N5O3. The minimum atomic E-state index is -0.600. The Morgan fingerprint density at radius 1 is 1.28 bits per heavy atom. The Bertz CT molecular complexity index is 811. The summed E-state index contributed by atoms with van der Waals surface area (Å²) in [6.07, 6.45) is 1.55. The normalized spacial score (nSPS) is 11.9. The molecule has 0 spiro atoms. The van der Waals surface area contributed by atoms with Gasteiger partial charge in [0.25, 0.3) is 5.91 Å². The monoisotopic (exact) mass is 341 g/mol. The zero-order chi connectivity index (χ0) is 17.6. The fourth-order valence-corrected chi connectivity index (χ4v) is 2.29. The number of nitrogens with zero attached hydrogens (tertiary/aromatic N) is 4. The Hall–Kier alpha value is -3.16. The second-order valence-electron chi connectivity index (χ2n) is 5.56. The molecule has 0 saturated carbocycles. The number of benzene rings is 1. The van der Waals surface area contributed by atoms with Crippen LogP contribution >= 0.6 is 0 Å². The SMILES string of the molecule is Cc1ccc(CCNC(=O)[C@@H](C)Oc2ccc(-n3cnnn3)cc2)o1. The number of hydrogen-bond acceptors (Lipinski definition) is 6. The number of nitrogens with one attached hydrogen (secondary N) is 1. The standard InChI is InChI=1S/C17H19N5O3/c1-12-3-6-16(24-12)9-10-18-17(23)13(2)25-15-7-4-14(5-8-15)22-11-19-20-21-22/h3-8,11,13H,9-10H2,1-2H3,(H,18,23)/t13-/m1/s1. The Morgan fingerprint density at radius 2 is 2.08 bits per heavy atom. The van der Waals surface area contributed by atoms with Gasteiger partial charge in [-0.1, -0.05) is 0 Å². The van der Waals surface area contributed by atoms with Gasteiger partial charge in [0.15, 0.2) is 6.10 Å². The van der Waals surface area contributed by atoms with Crippen molar-refractivity contribution in [1.29, 1.82) is 0 Å². The first-order valence-corrected chi connectivity index (χ1v) is 7.95. The van der Waals surface area contributed by atoms with Crippen molar-refractivity contribution in [2.45, 2.75) is 26.4 Å². The molecule has 2 heterocycles. The first kappa shape index (κ1) is 16.7. The lowest BCUT2D eigenvalue weighted by Gasteiger charge is -2.14. The van der Waals surface area contributed by atoms with Crippen LogP contribution in [0.3, 0.4) is 0 Å². The molecule has 1 aromatic carbocycles. The van der Waals surface area contributed by atoms with Gasteiger partial charge in [-0.05, 0) is 60.7 Å². The molecule has 25 heavy (non-hydrogen) atoms. The summed E-state index contributed by atoms with van der Waals surface area (Å²) in [7, 11) is 0. The molecule has 0 fully saturated rings. The van der Waals surface area contributed by atoms with Gasteiger partial charge in [-0.2, -0.15) is 0 Å². The highest BCUT2D eigenvalue weighted by Crippen LogP contribution is 2.15. The fourth-order valence-electron chi connectivity index (χ4n) is 2.29. The minimum Gasteiger partial charge on any atom is -0.481 e. The minimum absolute atomic E-state index is 0.173. The summed E-state index contributed by atoms with van der Waals surface area (Å²) in [5.41, 5.74) is 0.809. The van der Waals surface area contributed by atoms with E-state index in [-0.39, 0.29) is 5.91 Å². The molecule has 1 atom stereocenters. The number of tetrazole rings is 1. The number of aromatic nitrogens is 4. The summed E-state index contributed by atoms with van der Waals surface area (Å²) in [5, 5.41) is 13.8. The van der Waals surface area contributed by atoms with E-state index in [2.05, 4.69) is 20.8 Å². The fraction of sp³-hybridized carbons (Fsp3) is 0.294. The average Bonchev–Trinajstić information content (AvgIpc) is 3.27. The van der Waals surface area contributed by atoms with Crippen molar-refractivity contribution in [2.75, 3.05) is 6.54 Å². The van der Waals surface area contributed by atoms with Gasteiger partial charge in [-0.3, -0.25) is 4.79 Å². The van der Waals surface area contributed by atoms with Crippen LogP contribution in [0.25, 0.3) is 5.69 Å². The highest BCUT2D eigenvalue weighted by molar-refractivity contribution is 5.80. The van der Waals surface area contributed by atoms with E-state index in [1.54, 1.807) is 19.1 Å². The van der Waals surface area contributed by atoms with Gasteiger partial charge in [0.1, 0.15) is 23.6 Å². The molecule has 3 aromatic rings. The molecule has 0 saturated heterocycles. The van der Waals surface area contributed by atoms with Crippen molar-refractivity contribution in [3.63, 3.8) is 0 Å². The van der Waals surface area contributed by atoms with E-state index in [0.717, 1.165) is 17.2 Å². The van der Waals surface area contributed by atoms with E-state index in [4.69, 9.17) is 9.15 Å². The van der Waals surface area contributed by atoms with E-state index in [1.807, 2.05) is 31.2 Å². The third kappa shape index (κ3) is 4.43. The molecule has 0 unspecified atom stereocenters. The van der Waals surface area contributed by atoms with Crippen molar-refractivity contribution < 1.29 is 13.9 Å². The van der Waals surface area contributed by atoms with E-state index in [0.29, 0.717) is 18.7 Å². The first-order chi connectivity index (χ1) is 12.1. The third-order valence-corrected chi connectivity index (χ3v) is 3.60. The molecule has 130 valence electrons. The van der Waals surface area contributed by atoms with Crippen molar-refractivity contribution in [2.24, 2.45) is 0 Å². The van der Waals surface area contributed by atoms with E-state index >= 15 is 0 Å². The van der Waals surface area contributed by atoms with Gasteiger partial charge in [-0.25, -0.2) is 4.68 Å². The summed E-state index contributed by atoms with van der Waals surface area (Å²) in [4.78, 5) is 12.1. The van der Waals surface area contributed by atoms with Crippen LogP contribution in [-0.2, 0) is 11.2 Å². The molecule has 0 aliphatic carbocycles. The number of carbonyl (C=O) groups is 1. The quantitative estimate of drug-likeness (QED) is 0.703. The predicted molar refractivity (Wildman–Crippen MR) is 89.4 cm³/mol. The van der Waals surface area contributed by atoms with Crippen LogP contribution in [0.15, 0.2) is 47.1 Å². The molecule has 0 aliphatic rings. The smallest absolute Gasteiger partial charge is 0.260 e. The molecule has 0 aliphatic heterocycles. The van der Waals surface area contributed by atoms with Crippen LogP contribution in [0, 0.1) is 6.92 Å². The average molecular weight is 341 g/mol. The van der Waals surface area contributed by atoms with Crippen LogP contribution in [0.4, 0.5) is 0 Å². The van der Waals surface area contributed by atoms with Crippen LogP contribution in [0.5, 0.6) is 5.75 Å². The van der Waals surface area contributed by atoms with E-state index in [1.165, 1.54) is 11.0 Å². The molecule has 0 radical (unpaired) electrons. The van der Waals surface area contributed by atoms with Crippen LogP contribution < -0.4 is 10.1 Å². The maximum absolute atomic E-state index is 12.1. The summed E-state index contributed by atoms with van der Waals surface area (Å²) in [6.45, 7) is 4.10. The number of rotatable bonds is 7. The number of aryl methyl sites for hydroxylation is 1. The van der Waals surface area contributed by atoms with E-state index in [9.17, 15) is 4.79 Å². The van der Waals surface area contributed by atoms with Gasteiger partial charge in [0.2, 0.25) is 0 Å². The number of ether oxygens (including phenoxy) is 1. The molecular weight excluding hydrogens is 322 g/mol. The maximum atomic E-state index is 12.1. The van der Waals surface area contributed by atoms with Crippen LogP contribution in [0.1, 0.15) is 18.4 Å². The molecule has 2 aromatic heterocycles. The summed E-state index contributed by atoms with van der Waals surface area (Å²) in [6, 6.07) is 11.0. The number of amides is 1. The lowest BCUT2D eigenvalue weighted by atomic mass is 10.3. The van der Waals surface area contributed by atoms with Gasteiger partial charge < -0.3 is 14.5 Å². The highest BCUT2D eigenvalue weighted by atomic mass is 16.5. The summed E-state index contributed by atoms with van der Waals surface area (Å²) < 4.78 is 12.7. The predicted octanol–water partition coefficient (Wildman–Crippen LogP) is 1.69. The Balaban J connectivity index is 1.47. The second kappa shape index (κ2) is 7.61. The first-order valence-electron chi connectivity index (χ1n) is 7.95. The maximum Gasteiger partial charge on any atom is 0.260 e. The molecule has 8 nitrogen and oxygen atoms in total. The Labute approximate surface area is 144 Å². The van der Waals surface area contributed by atoms with Crippen molar-refractivity contribution >= 4 is 5.91 Å². The molecule has 1 N–H and O–H groups in total. The topological polar surface area (TPSA) is 95.1 Å². The van der Waals surface area contributed by atoms with Gasteiger partial charge in [-0.15, -0.1) is 5.10 Å². The zero-order valence-electron chi connectivity index (χ0n) is 14.0. The zero-order valence-corrected chi connectivity index (χ0v) is 14.0. The number of furan rings is 1. The Kier molecular flexibility index (Phi) is 5.08. The van der Waals surface area contributed by atoms with Gasteiger partial charge >= 0.3 is 0 Å². The second-order valence-corrected chi connectivity index (χ2v) is 5.56. The molecule has 0 bridgehead atoms. The largest absolute Gasteiger partial charge is 0.481 e. The van der Waals surface area contributed by atoms with E-state index < -0.39 is 6.10 Å². The number of carbonyl (C=O) groups excluding carboxylic acids is 1. The van der Waals surface area contributed by atoms with Gasteiger partial charge in [0.05, 0.1) is 5.69 Å². The van der Waals surface area contributed by atoms with Crippen molar-refractivity contribution in [3.8, 4) is 11.4 Å².